The number of hydrogen-bond acceptors (Lipinski definition) is 2. The van der Waals surface area contributed by atoms with Crippen LogP contribution in [-0.2, 0) is 11.3 Å². The molecule has 2 nitrogen and oxygen atoms in total. The van der Waals surface area contributed by atoms with E-state index >= 15 is 0 Å². The first-order valence-corrected chi connectivity index (χ1v) is 6.53. The third kappa shape index (κ3) is 2.27. The first-order chi connectivity index (χ1) is 8.74. The minimum absolute atomic E-state index is 0.126. The highest BCUT2D eigenvalue weighted by Gasteiger charge is 2.40. The molecule has 0 radical (unpaired) electrons. The molecule has 3 unspecified atom stereocenters. The molecule has 3 atom stereocenters. The van der Waals surface area contributed by atoms with Crippen molar-refractivity contribution in [3.63, 3.8) is 0 Å². The van der Waals surface area contributed by atoms with E-state index in [1.807, 2.05) is 0 Å². The molecule has 2 saturated heterocycles. The minimum Gasteiger partial charge on any atom is -0.375 e. The van der Waals surface area contributed by atoms with Gasteiger partial charge in [-0.3, -0.25) is 0 Å². The van der Waals surface area contributed by atoms with Gasteiger partial charge in [0.1, 0.15) is 11.6 Å². The van der Waals surface area contributed by atoms with Crippen molar-refractivity contribution in [2.24, 2.45) is 5.92 Å². The van der Waals surface area contributed by atoms with Crippen molar-refractivity contribution >= 4 is 0 Å². The fourth-order valence-electron chi connectivity index (χ4n) is 3.04. The van der Waals surface area contributed by atoms with Crippen LogP contribution in [0, 0.1) is 17.6 Å². The predicted molar refractivity (Wildman–Crippen MR) is 64.1 cm³/mol. The normalized spacial score (nSPS) is 30.0. The number of nitrogens with one attached hydrogen (secondary N) is 1. The van der Waals surface area contributed by atoms with Gasteiger partial charge in [-0.1, -0.05) is 6.07 Å². The molecule has 4 heteroatoms. The van der Waals surface area contributed by atoms with Gasteiger partial charge in [0.25, 0.3) is 0 Å². The van der Waals surface area contributed by atoms with Crippen LogP contribution in [0.1, 0.15) is 24.8 Å². The zero-order chi connectivity index (χ0) is 12.5. The van der Waals surface area contributed by atoms with Gasteiger partial charge in [0.15, 0.2) is 0 Å². The number of fused-ring (bicyclic) bond motifs is 2. The van der Waals surface area contributed by atoms with Crippen LogP contribution >= 0.6 is 0 Å². The topological polar surface area (TPSA) is 21.3 Å². The highest BCUT2D eigenvalue weighted by molar-refractivity contribution is 5.19. The highest BCUT2D eigenvalue weighted by atomic mass is 19.1. The molecule has 2 heterocycles. The summed E-state index contributed by atoms with van der Waals surface area (Å²) in [5, 5.41) is 3.15. The van der Waals surface area contributed by atoms with E-state index in [1.54, 1.807) is 0 Å². The molecular formula is C14H17F2NO. The average Bonchev–Trinajstić information content (AvgIpc) is 2.95. The predicted octanol–water partition coefficient (Wildman–Crippen LogP) is 2.62. The Balaban J connectivity index is 1.53. The standard InChI is InChI=1S/C14H17F2NO/c15-12-2-1-3-13(16)11(12)8-17-7-9-6-10-4-5-14(9)18-10/h1-3,9-10,14,17H,4-8H2. The lowest BCUT2D eigenvalue weighted by Crippen LogP contribution is -2.29. The molecule has 1 N–H and O–H groups in total. The summed E-state index contributed by atoms with van der Waals surface area (Å²) in [6.45, 7) is 1.02. The quantitative estimate of drug-likeness (QED) is 0.890. The maximum atomic E-state index is 13.4. The lowest BCUT2D eigenvalue weighted by atomic mass is 9.89. The number of benzene rings is 1. The molecule has 3 rings (SSSR count). The molecule has 2 bridgehead atoms. The van der Waals surface area contributed by atoms with E-state index in [1.165, 1.54) is 24.6 Å². The van der Waals surface area contributed by atoms with Gasteiger partial charge in [0.05, 0.1) is 12.2 Å². The van der Waals surface area contributed by atoms with E-state index in [-0.39, 0.29) is 12.1 Å². The van der Waals surface area contributed by atoms with Gasteiger partial charge in [-0.2, -0.15) is 0 Å². The third-order valence-corrected chi connectivity index (χ3v) is 4.00. The van der Waals surface area contributed by atoms with Crippen LogP contribution in [0.5, 0.6) is 0 Å². The Bertz CT molecular complexity index is 418. The second-order valence-electron chi connectivity index (χ2n) is 5.20. The molecule has 0 saturated carbocycles. The van der Waals surface area contributed by atoms with E-state index in [2.05, 4.69) is 5.32 Å². The summed E-state index contributed by atoms with van der Waals surface area (Å²) in [5.74, 6) is -0.461. The summed E-state index contributed by atoms with van der Waals surface area (Å²) in [5.41, 5.74) is 0.126. The van der Waals surface area contributed by atoms with Crippen molar-refractivity contribution in [3.8, 4) is 0 Å². The first-order valence-electron chi connectivity index (χ1n) is 6.53. The molecule has 0 amide bonds. The van der Waals surface area contributed by atoms with E-state index < -0.39 is 11.6 Å². The van der Waals surface area contributed by atoms with Gasteiger partial charge in [0, 0.05) is 24.6 Å². The fourth-order valence-corrected chi connectivity index (χ4v) is 3.04. The van der Waals surface area contributed by atoms with Crippen LogP contribution in [0.15, 0.2) is 18.2 Å². The van der Waals surface area contributed by atoms with Gasteiger partial charge in [-0.05, 0) is 31.4 Å². The summed E-state index contributed by atoms with van der Waals surface area (Å²) in [7, 11) is 0. The summed E-state index contributed by atoms with van der Waals surface area (Å²) in [6.07, 6.45) is 4.16. The molecule has 2 aliphatic rings. The van der Waals surface area contributed by atoms with Crippen LogP contribution in [0.25, 0.3) is 0 Å². The van der Waals surface area contributed by atoms with Crippen LogP contribution in [0.2, 0.25) is 0 Å². The Labute approximate surface area is 105 Å². The van der Waals surface area contributed by atoms with E-state index in [4.69, 9.17) is 4.74 Å². The van der Waals surface area contributed by atoms with Gasteiger partial charge >= 0.3 is 0 Å². The zero-order valence-corrected chi connectivity index (χ0v) is 10.2. The van der Waals surface area contributed by atoms with Crippen LogP contribution in [0.4, 0.5) is 8.78 Å². The van der Waals surface area contributed by atoms with E-state index in [0.29, 0.717) is 18.1 Å². The monoisotopic (exact) mass is 253 g/mol. The average molecular weight is 253 g/mol. The number of rotatable bonds is 4. The molecule has 18 heavy (non-hydrogen) atoms. The van der Waals surface area contributed by atoms with Crippen LogP contribution in [0.3, 0.4) is 0 Å². The molecular weight excluding hydrogens is 236 g/mol. The Morgan fingerprint density at radius 2 is 2.00 bits per heavy atom. The van der Waals surface area contributed by atoms with Crippen molar-refractivity contribution in [2.45, 2.75) is 38.0 Å². The zero-order valence-electron chi connectivity index (χ0n) is 10.2. The Hall–Kier alpha value is -1.00. The molecule has 0 aliphatic carbocycles. The van der Waals surface area contributed by atoms with Crippen molar-refractivity contribution in [1.82, 2.24) is 5.32 Å². The SMILES string of the molecule is Fc1cccc(F)c1CNCC1CC2CCC1O2. The largest absolute Gasteiger partial charge is 0.375 e. The number of ether oxygens (including phenoxy) is 1. The smallest absolute Gasteiger partial charge is 0.130 e. The summed E-state index contributed by atoms with van der Waals surface area (Å²) in [6, 6.07) is 3.97. The van der Waals surface area contributed by atoms with E-state index in [9.17, 15) is 8.78 Å². The van der Waals surface area contributed by atoms with Crippen LogP contribution < -0.4 is 5.32 Å². The molecule has 98 valence electrons. The lowest BCUT2D eigenvalue weighted by Gasteiger charge is -2.19. The van der Waals surface area contributed by atoms with Crippen molar-refractivity contribution in [1.29, 1.82) is 0 Å². The molecule has 1 aromatic carbocycles. The van der Waals surface area contributed by atoms with Crippen molar-refractivity contribution in [2.75, 3.05) is 6.54 Å². The second-order valence-corrected chi connectivity index (χ2v) is 5.20. The van der Waals surface area contributed by atoms with Gasteiger partial charge in [0.2, 0.25) is 0 Å². The Morgan fingerprint density at radius 1 is 1.22 bits per heavy atom. The summed E-state index contributed by atoms with van der Waals surface area (Å²) < 4.78 is 32.5. The summed E-state index contributed by atoms with van der Waals surface area (Å²) >= 11 is 0. The molecule has 0 aromatic heterocycles. The lowest BCUT2D eigenvalue weighted by molar-refractivity contribution is 0.0923. The van der Waals surface area contributed by atoms with Crippen molar-refractivity contribution < 1.29 is 13.5 Å². The van der Waals surface area contributed by atoms with Crippen LogP contribution in [-0.4, -0.2) is 18.8 Å². The molecule has 0 spiro atoms. The maximum absolute atomic E-state index is 13.4. The number of hydrogen-bond donors (Lipinski definition) is 1. The first kappa shape index (κ1) is 12.1. The van der Waals surface area contributed by atoms with Gasteiger partial charge in [-0.25, -0.2) is 8.78 Å². The third-order valence-electron chi connectivity index (χ3n) is 4.00. The fraction of sp³-hybridized carbons (Fsp3) is 0.571. The summed E-state index contributed by atoms with van der Waals surface area (Å²) in [4.78, 5) is 0. The highest BCUT2D eigenvalue weighted by Crippen LogP contribution is 2.38. The molecule has 2 fully saturated rings. The molecule has 1 aromatic rings. The Morgan fingerprint density at radius 3 is 2.61 bits per heavy atom. The van der Waals surface area contributed by atoms with Gasteiger partial charge in [-0.15, -0.1) is 0 Å². The Kier molecular flexibility index (Phi) is 3.31. The number of halogens is 2. The second kappa shape index (κ2) is 4.94. The maximum Gasteiger partial charge on any atom is 0.130 e. The van der Waals surface area contributed by atoms with Gasteiger partial charge < -0.3 is 10.1 Å². The van der Waals surface area contributed by atoms with Crippen molar-refractivity contribution in [3.05, 3.63) is 35.4 Å². The minimum atomic E-state index is -0.480. The van der Waals surface area contributed by atoms with E-state index in [0.717, 1.165) is 19.4 Å². The molecule has 2 aliphatic heterocycles.